The molecule has 0 unspecified atom stereocenters. The third-order valence-electron chi connectivity index (χ3n) is 3.56. The highest BCUT2D eigenvalue weighted by Crippen LogP contribution is 2.14. The molecule has 0 bridgehead atoms. The average molecular weight is 353 g/mol. The minimum atomic E-state index is -0.314. The molecule has 2 aromatic carbocycles. The van der Waals surface area contributed by atoms with Crippen molar-refractivity contribution in [3.63, 3.8) is 0 Å². The van der Waals surface area contributed by atoms with E-state index >= 15 is 0 Å². The Balaban J connectivity index is 1.52. The highest BCUT2D eigenvalue weighted by atomic mass is 35.5. The van der Waals surface area contributed by atoms with Crippen molar-refractivity contribution in [1.82, 2.24) is 10.2 Å². The number of anilines is 2. The van der Waals surface area contributed by atoms with Crippen LogP contribution in [-0.2, 0) is 6.42 Å². The van der Waals surface area contributed by atoms with Crippen molar-refractivity contribution >= 4 is 29.0 Å². The smallest absolute Gasteiger partial charge is 0.276 e. The van der Waals surface area contributed by atoms with Crippen LogP contribution in [0.4, 0.5) is 11.5 Å². The summed E-state index contributed by atoms with van der Waals surface area (Å²) in [5, 5.41) is 14.6. The molecule has 1 heterocycles. The number of hydrogen-bond donors (Lipinski definition) is 2. The standard InChI is InChI=1S/C19H17ClN4O/c20-15-6-8-16(9-7-15)22-19(25)17-10-11-18(24-23-17)21-13-12-14-4-2-1-3-5-14/h1-11H,12-13H2,(H,21,24)(H,22,25). The van der Waals surface area contributed by atoms with Crippen LogP contribution in [0.25, 0.3) is 0 Å². The quantitative estimate of drug-likeness (QED) is 0.702. The van der Waals surface area contributed by atoms with Gasteiger partial charge in [-0.25, -0.2) is 0 Å². The first-order valence-electron chi connectivity index (χ1n) is 7.89. The van der Waals surface area contributed by atoms with Crippen LogP contribution in [0, 0.1) is 0 Å². The van der Waals surface area contributed by atoms with Crippen LogP contribution in [0.5, 0.6) is 0 Å². The Bertz CT molecular complexity index is 820. The van der Waals surface area contributed by atoms with E-state index in [4.69, 9.17) is 11.6 Å². The van der Waals surface area contributed by atoms with E-state index in [2.05, 4.69) is 33.0 Å². The van der Waals surface area contributed by atoms with E-state index in [-0.39, 0.29) is 11.6 Å². The van der Waals surface area contributed by atoms with Crippen molar-refractivity contribution in [2.24, 2.45) is 0 Å². The number of halogens is 1. The molecular weight excluding hydrogens is 336 g/mol. The Morgan fingerprint density at radius 1 is 0.920 bits per heavy atom. The van der Waals surface area contributed by atoms with Gasteiger partial charge < -0.3 is 10.6 Å². The van der Waals surface area contributed by atoms with Gasteiger partial charge in [0.1, 0.15) is 5.82 Å². The SMILES string of the molecule is O=C(Nc1ccc(Cl)cc1)c1ccc(NCCc2ccccc2)nn1. The van der Waals surface area contributed by atoms with E-state index in [9.17, 15) is 4.79 Å². The first-order chi connectivity index (χ1) is 12.2. The minimum absolute atomic E-state index is 0.253. The number of rotatable bonds is 6. The Kier molecular flexibility index (Phi) is 5.59. The number of hydrogen-bond acceptors (Lipinski definition) is 4. The molecule has 3 rings (SSSR count). The first-order valence-corrected chi connectivity index (χ1v) is 8.27. The molecule has 0 radical (unpaired) electrons. The molecule has 1 amide bonds. The summed E-state index contributed by atoms with van der Waals surface area (Å²) in [6.45, 7) is 0.745. The van der Waals surface area contributed by atoms with Crippen LogP contribution in [-0.4, -0.2) is 22.6 Å². The average Bonchev–Trinajstić information content (AvgIpc) is 2.65. The Hall–Kier alpha value is -2.92. The second-order valence-corrected chi connectivity index (χ2v) is 5.86. The van der Waals surface area contributed by atoms with Crippen molar-refractivity contribution in [3.8, 4) is 0 Å². The normalized spacial score (nSPS) is 10.3. The van der Waals surface area contributed by atoms with Crippen molar-refractivity contribution in [2.75, 3.05) is 17.2 Å². The van der Waals surface area contributed by atoms with Crippen molar-refractivity contribution in [1.29, 1.82) is 0 Å². The van der Waals surface area contributed by atoms with Crippen LogP contribution in [0.2, 0.25) is 5.02 Å². The molecule has 25 heavy (non-hydrogen) atoms. The molecule has 0 aliphatic heterocycles. The lowest BCUT2D eigenvalue weighted by Gasteiger charge is -2.07. The van der Waals surface area contributed by atoms with E-state index in [1.54, 1.807) is 36.4 Å². The van der Waals surface area contributed by atoms with Gasteiger partial charge in [-0.2, -0.15) is 0 Å². The Labute approximate surface area is 151 Å². The number of amides is 1. The molecule has 0 fully saturated rings. The van der Waals surface area contributed by atoms with Crippen molar-refractivity contribution < 1.29 is 4.79 Å². The van der Waals surface area contributed by atoms with E-state index in [1.807, 2.05) is 18.2 Å². The zero-order valence-electron chi connectivity index (χ0n) is 13.4. The number of nitrogens with zero attached hydrogens (tertiary/aromatic N) is 2. The lowest BCUT2D eigenvalue weighted by Crippen LogP contribution is -2.15. The zero-order valence-corrected chi connectivity index (χ0v) is 14.2. The van der Waals surface area contributed by atoms with Crippen LogP contribution >= 0.6 is 11.6 Å². The summed E-state index contributed by atoms with van der Waals surface area (Å²) >= 11 is 5.82. The van der Waals surface area contributed by atoms with Crippen molar-refractivity contribution in [3.05, 3.63) is 83.0 Å². The van der Waals surface area contributed by atoms with Crippen LogP contribution in [0.15, 0.2) is 66.7 Å². The van der Waals surface area contributed by atoms with Crippen LogP contribution in [0.1, 0.15) is 16.1 Å². The summed E-state index contributed by atoms with van der Waals surface area (Å²) in [4.78, 5) is 12.1. The van der Waals surface area contributed by atoms with Gasteiger partial charge in [0.15, 0.2) is 5.69 Å². The van der Waals surface area contributed by atoms with Gasteiger partial charge in [0.05, 0.1) is 0 Å². The Morgan fingerprint density at radius 3 is 2.36 bits per heavy atom. The molecule has 2 N–H and O–H groups in total. The molecule has 1 aromatic heterocycles. The third kappa shape index (κ3) is 5.02. The van der Waals surface area contributed by atoms with Gasteiger partial charge in [0.25, 0.3) is 5.91 Å². The second-order valence-electron chi connectivity index (χ2n) is 5.43. The molecule has 3 aromatic rings. The number of nitrogens with one attached hydrogen (secondary N) is 2. The molecule has 5 nitrogen and oxygen atoms in total. The van der Waals surface area contributed by atoms with Gasteiger partial charge in [0, 0.05) is 17.3 Å². The van der Waals surface area contributed by atoms with Crippen LogP contribution in [0.3, 0.4) is 0 Å². The van der Waals surface area contributed by atoms with E-state index in [1.165, 1.54) is 5.56 Å². The molecule has 0 spiro atoms. The number of aromatic nitrogens is 2. The zero-order chi connectivity index (χ0) is 17.5. The number of carbonyl (C=O) groups excluding carboxylic acids is 1. The molecule has 0 aliphatic rings. The number of benzene rings is 2. The number of carbonyl (C=O) groups is 1. The topological polar surface area (TPSA) is 66.9 Å². The highest BCUT2D eigenvalue weighted by Gasteiger charge is 2.08. The van der Waals surface area contributed by atoms with Gasteiger partial charge in [-0.05, 0) is 48.4 Å². The summed E-state index contributed by atoms with van der Waals surface area (Å²) in [5.74, 6) is 0.324. The molecule has 6 heteroatoms. The first kappa shape index (κ1) is 16.9. The lowest BCUT2D eigenvalue weighted by atomic mass is 10.1. The third-order valence-corrected chi connectivity index (χ3v) is 3.81. The summed E-state index contributed by atoms with van der Waals surface area (Å²) in [6, 6.07) is 20.5. The predicted molar refractivity (Wildman–Crippen MR) is 100 cm³/mol. The molecular formula is C19H17ClN4O. The maximum atomic E-state index is 12.1. The van der Waals surface area contributed by atoms with Gasteiger partial charge in [0.2, 0.25) is 0 Å². The monoisotopic (exact) mass is 352 g/mol. The van der Waals surface area contributed by atoms with Gasteiger partial charge >= 0.3 is 0 Å². The van der Waals surface area contributed by atoms with E-state index in [0.717, 1.165) is 13.0 Å². The van der Waals surface area contributed by atoms with Crippen LogP contribution < -0.4 is 10.6 Å². The second kappa shape index (κ2) is 8.26. The van der Waals surface area contributed by atoms with Gasteiger partial charge in [-0.3, -0.25) is 4.79 Å². The van der Waals surface area contributed by atoms with Crippen molar-refractivity contribution in [2.45, 2.75) is 6.42 Å². The van der Waals surface area contributed by atoms with E-state index < -0.39 is 0 Å². The molecule has 126 valence electrons. The van der Waals surface area contributed by atoms with Gasteiger partial charge in [-0.1, -0.05) is 41.9 Å². The maximum absolute atomic E-state index is 12.1. The minimum Gasteiger partial charge on any atom is -0.368 e. The lowest BCUT2D eigenvalue weighted by molar-refractivity contribution is 0.102. The molecule has 0 saturated heterocycles. The fraction of sp³-hybridized carbons (Fsp3) is 0.105. The highest BCUT2D eigenvalue weighted by molar-refractivity contribution is 6.30. The summed E-state index contributed by atoms with van der Waals surface area (Å²) in [5.41, 5.74) is 2.16. The van der Waals surface area contributed by atoms with Gasteiger partial charge in [-0.15, -0.1) is 10.2 Å². The summed E-state index contributed by atoms with van der Waals surface area (Å²) < 4.78 is 0. The largest absolute Gasteiger partial charge is 0.368 e. The molecule has 0 atom stereocenters. The summed E-state index contributed by atoms with van der Waals surface area (Å²) in [7, 11) is 0. The molecule has 0 aliphatic carbocycles. The Morgan fingerprint density at radius 2 is 1.68 bits per heavy atom. The van der Waals surface area contributed by atoms with E-state index in [0.29, 0.717) is 16.5 Å². The fourth-order valence-corrected chi connectivity index (χ4v) is 2.38. The fourth-order valence-electron chi connectivity index (χ4n) is 2.26. The summed E-state index contributed by atoms with van der Waals surface area (Å²) in [6.07, 6.45) is 0.890. The molecule has 0 saturated carbocycles. The predicted octanol–water partition coefficient (Wildman–Crippen LogP) is 4.04. The maximum Gasteiger partial charge on any atom is 0.276 e.